The molecule has 1 aromatic rings. The van der Waals surface area contributed by atoms with Crippen molar-refractivity contribution in [3.05, 3.63) is 16.2 Å². The first-order valence-corrected chi connectivity index (χ1v) is 8.43. The van der Waals surface area contributed by atoms with Gasteiger partial charge in [0.25, 0.3) is 0 Å². The molecule has 1 aromatic heterocycles. The van der Waals surface area contributed by atoms with Crippen molar-refractivity contribution in [2.45, 2.75) is 40.2 Å². The fraction of sp³-hybridized carbons (Fsp3) is 0.625. The van der Waals surface area contributed by atoms with Gasteiger partial charge in [-0.15, -0.1) is 0 Å². The fourth-order valence-corrected chi connectivity index (χ4v) is 2.01. The highest BCUT2D eigenvalue weighted by atomic mass is 79.9. The van der Waals surface area contributed by atoms with E-state index in [2.05, 4.69) is 39.8 Å². The van der Waals surface area contributed by atoms with Crippen molar-refractivity contribution in [3.63, 3.8) is 0 Å². The maximum atomic E-state index is 5.73. The molecule has 0 saturated heterocycles. The second-order valence-corrected chi connectivity index (χ2v) is 6.04. The summed E-state index contributed by atoms with van der Waals surface area (Å²) in [5, 5.41) is 0. The van der Waals surface area contributed by atoms with Crippen LogP contribution in [0.15, 0.2) is 15.5 Å². The number of ether oxygens (including phenoxy) is 2. The molecule has 1 atom stereocenters. The van der Waals surface area contributed by atoms with Crippen LogP contribution >= 0.6 is 15.9 Å². The molecule has 6 heteroatoms. The minimum atomic E-state index is 0.0462. The standard InChI is InChI=1S/C16H26BrN3O2/c1-6-8-21-12(3)10-22-16-14(17)9-15(13(4)19-16)18-11-20(5)7-2/h9,11-12H,6-8,10H2,1-5H3/b18-11-. The molecule has 0 radical (unpaired) electrons. The van der Waals surface area contributed by atoms with E-state index in [1.54, 1.807) is 6.34 Å². The summed E-state index contributed by atoms with van der Waals surface area (Å²) >= 11 is 3.49. The van der Waals surface area contributed by atoms with E-state index in [0.29, 0.717) is 12.5 Å². The fourth-order valence-electron chi connectivity index (χ4n) is 1.59. The molecule has 0 aliphatic heterocycles. The highest BCUT2D eigenvalue weighted by Crippen LogP contribution is 2.29. The SMILES string of the molecule is CCCOC(C)COc1nc(C)c(/N=C\N(C)CC)cc1Br. The zero-order valence-corrected chi connectivity index (χ0v) is 15.7. The van der Waals surface area contributed by atoms with Gasteiger partial charge in [-0.1, -0.05) is 6.92 Å². The lowest BCUT2D eigenvalue weighted by Gasteiger charge is -2.15. The third-order valence-electron chi connectivity index (χ3n) is 3.06. The molecular weight excluding hydrogens is 346 g/mol. The molecule has 0 aromatic carbocycles. The highest BCUT2D eigenvalue weighted by molar-refractivity contribution is 9.10. The van der Waals surface area contributed by atoms with Gasteiger partial charge in [0, 0.05) is 20.2 Å². The first-order valence-electron chi connectivity index (χ1n) is 7.63. The van der Waals surface area contributed by atoms with Crippen LogP contribution in [-0.4, -0.2) is 49.1 Å². The van der Waals surface area contributed by atoms with Crippen LogP contribution in [0.1, 0.15) is 32.9 Å². The van der Waals surface area contributed by atoms with Gasteiger partial charge in [0.2, 0.25) is 5.88 Å². The number of aryl methyl sites for hydroxylation is 1. The van der Waals surface area contributed by atoms with Gasteiger partial charge in [-0.2, -0.15) is 0 Å². The van der Waals surface area contributed by atoms with Crippen LogP contribution in [0.2, 0.25) is 0 Å². The van der Waals surface area contributed by atoms with E-state index in [-0.39, 0.29) is 6.10 Å². The summed E-state index contributed by atoms with van der Waals surface area (Å²) in [5.74, 6) is 0.576. The van der Waals surface area contributed by atoms with Gasteiger partial charge in [0.15, 0.2) is 0 Å². The van der Waals surface area contributed by atoms with Gasteiger partial charge in [0.1, 0.15) is 6.61 Å². The maximum absolute atomic E-state index is 5.73. The molecule has 124 valence electrons. The number of aromatic nitrogens is 1. The molecule has 0 fully saturated rings. The second-order valence-electron chi connectivity index (χ2n) is 5.19. The molecule has 1 heterocycles. The highest BCUT2D eigenvalue weighted by Gasteiger charge is 2.10. The third-order valence-corrected chi connectivity index (χ3v) is 3.63. The average Bonchev–Trinajstić information content (AvgIpc) is 2.51. The number of pyridine rings is 1. The summed E-state index contributed by atoms with van der Waals surface area (Å²) in [5.41, 5.74) is 1.66. The van der Waals surface area contributed by atoms with Crippen molar-refractivity contribution in [3.8, 4) is 5.88 Å². The number of aliphatic imine (C=N–C) groups is 1. The summed E-state index contributed by atoms with van der Waals surface area (Å²) in [6.07, 6.45) is 2.85. The molecule has 1 unspecified atom stereocenters. The number of halogens is 1. The van der Waals surface area contributed by atoms with Crippen LogP contribution in [0, 0.1) is 6.92 Å². The van der Waals surface area contributed by atoms with E-state index in [1.165, 1.54) is 0 Å². The smallest absolute Gasteiger partial charge is 0.228 e. The van der Waals surface area contributed by atoms with Gasteiger partial charge in [0.05, 0.1) is 28.3 Å². The van der Waals surface area contributed by atoms with Gasteiger partial charge in [-0.05, 0) is 49.2 Å². The Balaban J connectivity index is 2.71. The minimum Gasteiger partial charge on any atom is -0.474 e. The van der Waals surface area contributed by atoms with Crippen LogP contribution < -0.4 is 4.74 Å². The molecule has 5 nitrogen and oxygen atoms in total. The molecular formula is C16H26BrN3O2. The Kier molecular flexibility index (Phi) is 8.42. The van der Waals surface area contributed by atoms with Crippen molar-refractivity contribution in [2.24, 2.45) is 4.99 Å². The van der Waals surface area contributed by atoms with Gasteiger partial charge >= 0.3 is 0 Å². The summed E-state index contributed by atoms with van der Waals surface area (Å²) in [6, 6.07) is 1.93. The van der Waals surface area contributed by atoms with Crippen LogP contribution in [0.4, 0.5) is 5.69 Å². The molecule has 0 spiro atoms. The lowest BCUT2D eigenvalue weighted by atomic mass is 10.3. The van der Waals surface area contributed by atoms with Crippen LogP contribution in [0.25, 0.3) is 0 Å². The Morgan fingerprint density at radius 3 is 2.82 bits per heavy atom. The Morgan fingerprint density at radius 1 is 1.45 bits per heavy atom. The summed E-state index contributed by atoms with van der Waals surface area (Å²) < 4.78 is 12.1. The molecule has 0 saturated carbocycles. The van der Waals surface area contributed by atoms with E-state index >= 15 is 0 Å². The lowest BCUT2D eigenvalue weighted by Crippen LogP contribution is -2.19. The van der Waals surface area contributed by atoms with Gasteiger partial charge < -0.3 is 14.4 Å². The molecule has 0 aliphatic carbocycles. The van der Waals surface area contributed by atoms with Crippen LogP contribution in [0.5, 0.6) is 5.88 Å². The third kappa shape index (κ3) is 6.32. The molecule has 0 aliphatic rings. The van der Waals surface area contributed by atoms with Crippen LogP contribution in [-0.2, 0) is 4.74 Å². The van der Waals surface area contributed by atoms with E-state index in [1.807, 2.05) is 31.9 Å². The first kappa shape index (κ1) is 18.9. The van der Waals surface area contributed by atoms with E-state index in [4.69, 9.17) is 9.47 Å². The Bertz CT molecular complexity index is 495. The quantitative estimate of drug-likeness (QED) is 0.486. The predicted octanol–water partition coefficient (Wildman–Crippen LogP) is 3.96. The van der Waals surface area contributed by atoms with Gasteiger partial charge in [-0.25, -0.2) is 9.98 Å². The first-order chi connectivity index (χ1) is 10.5. The molecule has 0 bridgehead atoms. The predicted molar refractivity (Wildman–Crippen MR) is 94.3 cm³/mol. The molecule has 0 N–H and O–H groups in total. The lowest BCUT2D eigenvalue weighted by molar-refractivity contribution is 0.0313. The normalized spacial score (nSPS) is 12.6. The van der Waals surface area contributed by atoms with Crippen molar-refractivity contribution < 1.29 is 9.47 Å². The minimum absolute atomic E-state index is 0.0462. The van der Waals surface area contributed by atoms with E-state index in [0.717, 1.165) is 35.4 Å². The molecule has 22 heavy (non-hydrogen) atoms. The zero-order chi connectivity index (χ0) is 16.5. The average molecular weight is 372 g/mol. The number of hydrogen-bond acceptors (Lipinski definition) is 4. The molecule has 0 amide bonds. The summed E-state index contributed by atoms with van der Waals surface area (Å²) in [4.78, 5) is 10.9. The number of rotatable bonds is 9. The van der Waals surface area contributed by atoms with E-state index < -0.39 is 0 Å². The second kappa shape index (κ2) is 9.79. The Hall–Kier alpha value is -1.14. The maximum Gasteiger partial charge on any atom is 0.228 e. The Labute approximate surface area is 141 Å². The van der Waals surface area contributed by atoms with Crippen molar-refractivity contribution >= 4 is 28.0 Å². The number of nitrogens with zero attached hydrogens (tertiary/aromatic N) is 3. The Morgan fingerprint density at radius 2 is 2.18 bits per heavy atom. The van der Waals surface area contributed by atoms with Crippen LogP contribution in [0.3, 0.4) is 0 Å². The zero-order valence-electron chi connectivity index (χ0n) is 14.1. The monoisotopic (exact) mass is 371 g/mol. The van der Waals surface area contributed by atoms with Crippen molar-refractivity contribution in [1.29, 1.82) is 0 Å². The topological polar surface area (TPSA) is 47.0 Å². The largest absolute Gasteiger partial charge is 0.474 e. The van der Waals surface area contributed by atoms with E-state index in [9.17, 15) is 0 Å². The van der Waals surface area contributed by atoms with Crippen molar-refractivity contribution in [2.75, 3.05) is 26.8 Å². The number of hydrogen-bond donors (Lipinski definition) is 0. The van der Waals surface area contributed by atoms with Gasteiger partial charge in [-0.3, -0.25) is 0 Å². The van der Waals surface area contributed by atoms with Crippen molar-refractivity contribution in [1.82, 2.24) is 9.88 Å². The summed E-state index contributed by atoms with van der Waals surface area (Å²) in [7, 11) is 1.98. The molecule has 1 rings (SSSR count). The summed E-state index contributed by atoms with van der Waals surface area (Å²) in [6.45, 7) is 10.2.